The molecule has 0 aliphatic carbocycles. The van der Waals surface area contributed by atoms with Crippen molar-refractivity contribution in [3.63, 3.8) is 0 Å². The van der Waals surface area contributed by atoms with Gasteiger partial charge in [0.1, 0.15) is 16.1 Å². The van der Waals surface area contributed by atoms with Gasteiger partial charge in [0.2, 0.25) is 0 Å². The van der Waals surface area contributed by atoms with Crippen LogP contribution in [0.4, 0.5) is 11.4 Å². The summed E-state index contributed by atoms with van der Waals surface area (Å²) in [5.74, 6) is 0. The van der Waals surface area contributed by atoms with Gasteiger partial charge >= 0.3 is 0 Å². The molecule has 0 bridgehead atoms. The maximum Gasteiger partial charge on any atom is 0.113 e. The molecule has 0 N–H and O–H groups in total. The lowest BCUT2D eigenvalue weighted by Gasteiger charge is -2.31. The standard InChI is InChI=1S/C54H56N2S2Si2/c1-37-31-41(53(57)49(33-37)59(5,6)43-21-11-9-12-22-43)35-55(3)47-29-27-39-19-15-17-25-45(39)51(47)52-46-26-18-16-20-40(46)28-30-48(52)56(4)36-42-32-38(2)34-50(54(42)58)60(7,8)44-23-13-10-14-24-44/h9-34,57-58H,35-36H2,1-8H3. The molecule has 0 saturated heterocycles. The summed E-state index contributed by atoms with van der Waals surface area (Å²) in [6.45, 7) is 15.7. The highest BCUT2D eigenvalue weighted by molar-refractivity contribution is 7.81. The Morgan fingerprint density at radius 2 is 0.783 bits per heavy atom. The van der Waals surface area contributed by atoms with Crippen molar-refractivity contribution in [2.75, 3.05) is 23.9 Å². The normalized spacial score (nSPS) is 12.0. The number of hydrogen-bond acceptors (Lipinski definition) is 4. The number of aryl methyl sites for hydroxylation is 2. The van der Waals surface area contributed by atoms with E-state index in [1.54, 1.807) is 0 Å². The molecule has 0 aliphatic heterocycles. The Bertz CT molecular complexity index is 2660. The summed E-state index contributed by atoms with van der Waals surface area (Å²) >= 11 is 10.7. The van der Waals surface area contributed by atoms with E-state index in [0.29, 0.717) is 0 Å². The van der Waals surface area contributed by atoms with Crippen molar-refractivity contribution in [2.45, 2.75) is 62.9 Å². The lowest BCUT2D eigenvalue weighted by molar-refractivity contribution is 0.900. The number of hydrogen-bond donors (Lipinski definition) is 2. The summed E-state index contributed by atoms with van der Waals surface area (Å²) in [6.07, 6.45) is 0. The molecule has 0 atom stereocenters. The van der Waals surface area contributed by atoms with Gasteiger partial charge in [0.15, 0.2) is 0 Å². The van der Waals surface area contributed by atoms with Gasteiger partial charge in [-0.15, -0.1) is 25.3 Å². The SMILES string of the molecule is Cc1cc(CN(C)c2ccc3ccccc3c2-c2c(N(C)Cc3cc(C)cc([Si](C)(C)c4ccccc4)c3S)ccc3ccccc23)c(S)c([Si](C)(C)c2ccccc2)c1. The molecule has 0 unspecified atom stereocenters. The minimum Gasteiger partial charge on any atom is -0.370 e. The van der Waals surface area contributed by atoms with Crippen LogP contribution in [0.5, 0.6) is 0 Å². The average Bonchev–Trinajstić information content (AvgIpc) is 3.25. The largest absolute Gasteiger partial charge is 0.370 e. The molecule has 8 aromatic rings. The zero-order valence-electron chi connectivity index (χ0n) is 36.2. The van der Waals surface area contributed by atoms with Crippen LogP contribution in [0.3, 0.4) is 0 Å². The van der Waals surface area contributed by atoms with E-state index in [9.17, 15) is 0 Å². The van der Waals surface area contributed by atoms with Gasteiger partial charge in [-0.05, 0) is 69.0 Å². The molecule has 0 heterocycles. The van der Waals surface area contributed by atoms with Gasteiger partial charge in [-0.2, -0.15) is 0 Å². The lowest BCUT2D eigenvalue weighted by Crippen LogP contribution is -2.53. The summed E-state index contributed by atoms with van der Waals surface area (Å²) in [5.41, 5.74) is 9.93. The third-order valence-electron chi connectivity index (χ3n) is 12.7. The molecule has 0 radical (unpaired) electrons. The molecule has 0 spiro atoms. The fraction of sp³-hybridized carbons (Fsp3) is 0.185. The summed E-state index contributed by atoms with van der Waals surface area (Å²) in [6, 6.07) is 58.4. The van der Waals surface area contributed by atoms with E-state index < -0.39 is 16.1 Å². The molecule has 60 heavy (non-hydrogen) atoms. The smallest absolute Gasteiger partial charge is 0.113 e. The second-order valence-electron chi connectivity index (χ2n) is 17.7. The molecule has 8 rings (SSSR count). The van der Waals surface area contributed by atoms with Crippen LogP contribution in [0, 0.1) is 13.8 Å². The topological polar surface area (TPSA) is 6.48 Å². The van der Waals surface area contributed by atoms with Crippen molar-refractivity contribution < 1.29 is 0 Å². The molecule has 0 fully saturated rings. The Morgan fingerprint density at radius 1 is 0.433 bits per heavy atom. The van der Waals surface area contributed by atoms with Crippen LogP contribution in [-0.4, -0.2) is 30.2 Å². The van der Waals surface area contributed by atoms with Crippen LogP contribution in [0.15, 0.2) is 168 Å². The quantitative estimate of drug-likeness (QED) is 0.0989. The molecule has 0 aromatic heterocycles. The van der Waals surface area contributed by atoms with Crippen molar-refractivity contribution in [2.24, 2.45) is 0 Å². The van der Waals surface area contributed by atoms with Gasteiger partial charge in [0.25, 0.3) is 0 Å². The summed E-state index contributed by atoms with van der Waals surface area (Å²) in [5, 5.41) is 10.5. The Morgan fingerprint density at radius 3 is 1.17 bits per heavy atom. The van der Waals surface area contributed by atoms with E-state index in [4.69, 9.17) is 25.3 Å². The fourth-order valence-electron chi connectivity index (χ4n) is 9.29. The minimum absolute atomic E-state index is 0.726. The van der Waals surface area contributed by atoms with Crippen molar-refractivity contribution >= 4 is 95.1 Å². The number of anilines is 2. The Labute approximate surface area is 370 Å². The van der Waals surface area contributed by atoms with E-state index in [1.807, 2.05) is 0 Å². The molecule has 6 heteroatoms. The predicted octanol–water partition coefficient (Wildman–Crippen LogP) is 11.8. The Balaban J connectivity index is 1.26. The first-order valence-corrected chi connectivity index (χ1v) is 27.9. The molecule has 2 nitrogen and oxygen atoms in total. The van der Waals surface area contributed by atoms with Gasteiger partial charge in [-0.25, -0.2) is 0 Å². The van der Waals surface area contributed by atoms with Crippen LogP contribution in [0.25, 0.3) is 32.7 Å². The van der Waals surface area contributed by atoms with Crippen molar-refractivity contribution in [1.82, 2.24) is 0 Å². The highest BCUT2D eigenvalue weighted by atomic mass is 32.1. The summed E-state index contributed by atoms with van der Waals surface area (Å²) in [4.78, 5) is 7.11. The van der Waals surface area contributed by atoms with Crippen LogP contribution in [0.1, 0.15) is 22.3 Å². The molecule has 0 amide bonds. The van der Waals surface area contributed by atoms with Crippen molar-refractivity contribution in [1.29, 1.82) is 0 Å². The maximum absolute atomic E-state index is 5.34. The molecule has 302 valence electrons. The average molecular weight is 853 g/mol. The molecule has 8 aromatic carbocycles. The van der Waals surface area contributed by atoms with Gasteiger partial charge in [-0.1, -0.05) is 193 Å². The number of rotatable bonds is 11. The Hall–Kier alpha value is -4.99. The first kappa shape index (κ1) is 41.7. The highest BCUT2D eigenvalue weighted by Gasteiger charge is 2.31. The molecule has 0 saturated carbocycles. The van der Waals surface area contributed by atoms with Gasteiger partial charge in [0, 0.05) is 59.5 Å². The highest BCUT2D eigenvalue weighted by Crippen LogP contribution is 2.46. The zero-order valence-corrected chi connectivity index (χ0v) is 40.0. The zero-order chi connectivity index (χ0) is 42.3. The third kappa shape index (κ3) is 7.87. The lowest BCUT2D eigenvalue weighted by atomic mass is 9.90. The van der Waals surface area contributed by atoms with Crippen molar-refractivity contribution in [3.05, 3.63) is 180 Å². The number of nitrogens with zero attached hydrogens (tertiary/aromatic N) is 2. The van der Waals surface area contributed by atoms with Crippen molar-refractivity contribution in [3.8, 4) is 11.1 Å². The van der Waals surface area contributed by atoms with Crippen LogP contribution in [-0.2, 0) is 13.1 Å². The minimum atomic E-state index is -2.02. The van der Waals surface area contributed by atoms with E-state index in [0.717, 1.165) is 22.9 Å². The molecular weight excluding hydrogens is 797 g/mol. The monoisotopic (exact) mass is 852 g/mol. The van der Waals surface area contributed by atoms with Crippen LogP contribution in [0.2, 0.25) is 26.2 Å². The van der Waals surface area contributed by atoms with E-state index in [2.05, 4.69) is 222 Å². The summed E-state index contributed by atoms with van der Waals surface area (Å²) in [7, 11) is 0.456. The second kappa shape index (κ2) is 16.8. The third-order valence-corrected chi connectivity index (χ3v) is 21.2. The van der Waals surface area contributed by atoms with Crippen LogP contribution < -0.4 is 30.5 Å². The number of benzene rings is 8. The van der Waals surface area contributed by atoms with Gasteiger partial charge in [0.05, 0.1) is 0 Å². The van der Waals surface area contributed by atoms with E-state index in [-0.39, 0.29) is 0 Å². The predicted molar refractivity (Wildman–Crippen MR) is 274 cm³/mol. The number of fused-ring (bicyclic) bond motifs is 2. The Kier molecular flexibility index (Phi) is 11.7. The number of thiol groups is 2. The maximum atomic E-state index is 5.34. The fourth-order valence-corrected chi connectivity index (χ4v) is 16.7. The van der Waals surface area contributed by atoms with E-state index >= 15 is 0 Å². The molecule has 0 aliphatic rings. The first-order valence-electron chi connectivity index (χ1n) is 21.0. The summed E-state index contributed by atoms with van der Waals surface area (Å²) < 4.78 is 0. The van der Waals surface area contributed by atoms with Gasteiger partial charge in [-0.3, -0.25) is 0 Å². The second-order valence-corrected chi connectivity index (χ2v) is 27.3. The van der Waals surface area contributed by atoms with Crippen LogP contribution >= 0.6 is 25.3 Å². The first-order chi connectivity index (χ1) is 28.8. The molecular formula is C54H56N2S2Si2. The van der Waals surface area contributed by atoms with Gasteiger partial charge < -0.3 is 9.80 Å². The van der Waals surface area contributed by atoms with E-state index in [1.165, 1.54) is 87.0 Å².